The fraction of sp³-hybridized carbons (Fsp3) is 0.167. The number of thiophene rings is 1. The molecular formula is C18H15Cl2N3O2S2. The molecule has 2 heterocycles. The number of Topliss-reactive ketones (excluding diaryl/α,β-unsaturated/α-hetero) is 1. The number of ketones is 1. The van der Waals surface area contributed by atoms with Crippen LogP contribution in [0.5, 0.6) is 5.75 Å². The van der Waals surface area contributed by atoms with Crippen LogP contribution in [0.4, 0.5) is 0 Å². The first-order chi connectivity index (χ1) is 13.1. The van der Waals surface area contributed by atoms with Crippen molar-refractivity contribution >= 4 is 52.1 Å². The summed E-state index contributed by atoms with van der Waals surface area (Å²) in [6.07, 6.45) is 1.75. The number of hydrogen-bond donors (Lipinski definition) is 0. The van der Waals surface area contributed by atoms with Gasteiger partial charge in [0.2, 0.25) is 0 Å². The SMILES string of the molecule is C=CCn1c(COc2ccc(Cl)cc2)nnc1SCC(=O)c1ccc(Cl)s1. The van der Waals surface area contributed by atoms with Crippen molar-refractivity contribution in [2.45, 2.75) is 18.3 Å². The van der Waals surface area contributed by atoms with E-state index in [1.807, 2.05) is 4.57 Å². The van der Waals surface area contributed by atoms with Gasteiger partial charge in [-0.05, 0) is 36.4 Å². The number of halogens is 2. The fourth-order valence-electron chi connectivity index (χ4n) is 2.19. The Morgan fingerprint density at radius 2 is 2.00 bits per heavy atom. The number of rotatable bonds is 9. The van der Waals surface area contributed by atoms with Gasteiger partial charge in [-0.25, -0.2) is 0 Å². The Morgan fingerprint density at radius 1 is 1.22 bits per heavy atom. The largest absolute Gasteiger partial charge is 0.486 e. The lowest BCUT2D eigenvalue weighted by atomic mass is 10.3. The van der Waals surface area contributed by atoms with Gasteiger partial charge < -0.3 is 4.74 Å². The molecule has 0 unspecified atom stereocenters. The minimum atomic E-state index is 0.00372. The zero-order valence-corrected chi connectivity index (χ0v) is 17.2. The van der Waals surface area contributed by atoms with Gasteiger partial charge in [0.1, 0.15) is 12.4 Å². The summed E-state index contributed by atoms with van der Waals surface area (Å²) < 4.78 is 8.21. The number of hydrogen-bond acceptors (Lipinski definition) is 6. The van der Waals surface area contributed by atoms with Crippen molar-refractivity contribution in [2.75, 3.05) is 5.75 Å². The van der Waals surface area contributed by atoms with E-state index in [4.69, 9.17) is 27.9 Å². The zero-order valence-electron chi connectivity index (χ0n) is 14.1. The van der Waals surface area contributed by atoms with Gasteiger partial charge in [-0.2, -0.15) is 0 Å². The van der Waals surface area contributed by atoms with Crippen LogP contribution in [0.1, 0.15) is 15.5 Å². The summed E-state index contributed by atoms with van der Waals surface area (Å²) in [4.78, 5) is 12.9. The van der Waals surface area contributed by atoms with Gasteiger partial charge >= 0.3 is 0 Å². The Kier molecular flexibility index (Phi) is 6.95. The van der Waals surface area contributed by atoms with E-state index in [-0.39, 0.29) is 18.1 Å². The quantitative estimate of drug-likeness (QED) is 0.254. The summed E-state index contributed by atoms with van der Waals surface area (Å²) in [5.41, 5.74) is 0. The average molecular weight is 440 g/mol. The first-order valence-corrected chi connectivity index (χ1v) is 10.5. The molecule has 1 aromatic carbocycles. The van der Waals surface area contributed by atoms with Crippen molar-refractivity contribution in [3.63, 3.8) is 0 Å². The van der Waals surface area contributed by atoms with E-state index in [1.165, 1.54) is 23.1 Å². The third-order valence-electron chi connectivity index (χ3n) is 3.47. The van der Waals surface area contributed by atoms with Crippen LogP contribution < -0.4 is 4.74 Å². The second-order valence-electron chi connectivity index (χ2n) is 5.36. The highest BCUT2D eigenvalue weighted by Gasteiger charge is 2.16. The number of nitrogens with zero attached hydrogens (tertiary/aromatic N) is 3. The molecule has 3 aromatic rings. The van der Waals surface area contributed by atoms with Crippen LogP contribution in [0.2, 0.25) is 9.36 Å². The molecule has 0 aliphatic carbocycles. The van der Waals surface area contributed by atoms with Crippen LogP contribution in [0.25, 0.3) is 0 Å². The number of aromatic nitrogens is 3. The maximum Gasteiger partial charge on any atom is 0.192 e. The first kappa shape index (κ1) is 19.9. The van der Waals surface area contributed by atoms with Gasteiger partial charge in [-0.15, -0.1) is 28.1 Å². The molecule has 0 saturated carbocycles. The van der Waals surface area contributed by atoms with Gasteiger partial charge in [-0.1, -0.05) is 41.0 Å². The Balaban J connectivity index is 1.66. The highest BCUT2D eigenvalue weighted by atomic mass is 35.5. The summed E-state index contributed by atoms with van der Waals surface area (Å²) in [7, 11) is 0. The van der Waals surface area contributed by atoms with Crippen molar-refractivity contribution in [3.05, 3.63) is 69.1 Å². The molecule has 0 bridgehead atoms. The molecular weight excluding hydrogens is 425 g/mol. The fourth-order valence-corrected chi connectivity index (χ4v) is 4.24. The monoisotopic (exact) mass is 439 g/mol. The van der Waals surface area contributed by atoms with Crippen molar-refractivity contribution in [1.29, 1.82) is 0 Å². The molecule has 0 aliphatic heterocycles. The molecule has 27 heavy (non-hydrogen) atoms. The standard InChI is InChI=1S/C18H15Cl2N3O2S2/c1-2-9-23-17(10-25-13-5-3-12(19)4-6-13)21-22-18(23)26-11-14(24)15-7-8-16(20)27-15/h2-8H,1,9-11H2. The second kappa shape index (κ2) is 9.41. The topological polar surface area (TPSA) is 57.0 Å². The molecule has 0 fully saturated rings. The molecule has 9 heteroatoms. The lowest BCUT2D eigenvalue weighted by molar-refractivity contribution is 0.102. The lowest BCUT2D eigenvalue weighted by Gasteiger charge is -2.09. The van der Waals surface area contributed by atoms with E-state index in [9.17, 15) is 4.79 Å². The van der Waals surface area contributed by atoms with E-state index in [0.29, 0.717) is 37.5 Å². The maximum absolute atomic E-state index is 12.3. The van der Waals surface area contributed by atoms with Crippen LogP contribution in [-0.4, -0.2) is 26.3 Å². The lowest BCUT2D eigenvalue weighted by Crippen LogP contribution is -2.08. The Hall–Kier alpha value is -1.80. The van der Waals surface area contributed by atoms with Crippen molar-refractivity contribution < 1.29 is 9.53 Å². The third kappa shape index (κ3) is 5.35. The smallest absolute Gasteiger partial charge is 0.192 e. The molecule has 0 amide bonds. The Bertz CT molecular complexity index is 938. The third-order valence-corrected chi connectivity index (χ3v) is 5.96. The second-order valence-corrected chi connectivity index (χ2v) is 8.45. The van der Waals surface area contributed by atoms with Crippen LogP contribution >= 0.6 is 46.3 Å². The van der Waals surface area contributed by atoms with E-state index >= 15 is 0 Å². The van der Waals surface area contributed by atoms with Gasteiger partial charge in [0.05, 0.1) is 15.0 Å². The van der Waals surface area contributed by atoms with Crippen molar-refractivity contribution in [2.24, 2.45) is 0 Å². The number of thioether (sulfide) groups is 1. The molecule has 0 N–H and O–H groups in total. The normalized spacial score (nSPS) is 10.7. The van der Waals surface area contributed by atoms with E-state index in [2.05, 4.69) is 16.8 Å². The minimum Gasteiger partial charge on any atom is -0.486 e. The molecule has 140 valence electrons. The van der Waals surface area contributed by atoms with Gasteiger partial charge in [0.15, 0.2) is 16.8 Å². The first-order valence-electron chi connectivity index (χ1n) is 7.89. The van der Waals surface area contributed by atoms with Gasteiger partial charge in [-0.3, -0.25) is 9.36 Å². The minimum absolute atomic E-state index is 0.00372. The summed E-state index contributed by atoms with van der Waals surface area (Å²) in [6, 6.07) is 10.5. The number of benzene rings is 1. The molecule has 0 spiro atoms. The number of carbonyl (C=O) groups excluding carboxylic acids is 1. The van der Waals surface area contributed by atoms with Gasteiger partial charge in [0.25, 0.3) is 0 Å². The predicted molar refractivity (Wildman–Crippen MR) is 110 cm³/mol. The zero-order chi connectivity index (χ0) is 19.2. The Labute approximate surface area is 175 Å². The van der Waals surface area contributed by atoms with E-state index in [1.54, 1.807) is 42.5 Å². The maximum atomic E-state index is 12.3. The highest BCUT2D eigenvalue weighted by molar-refractivity contribution is 7.99. The molecule has 0 aliphatic rings. The van der Waals surface area contributed by atoms with Crippen LogP contribution in [-0.2, 0) is 13.2 Å². The number of ether oxygens (including phenoxy) is 1. The number of carbonyl (C=O) groups is 1. The Morgan fingerprint density at radius 3 is 2.67 bits per heavy atom. The summed E-state index contributed by atoms with van der Waals surface area (Å²) in [6.45, 7) is 4.54. The highest BCUT2D eigenvalue weighted by Crippen LogP contribution is 2.25. The van der Waals surface area contributed by atoms with Crippen molar-refractivity contribution in [3.8, 4) is 5.75 Å². The van der Waals surface area contributed by atoms with Gasteiger partial charge in [0, 0.05) is 11.6 Å². The molecule has 0 radical (unpaired) electrons. The summed E-state index contributed by atoms with van der Waals surface area (Å²) >= 11 is 14.4. The van der Waals surface area contributed by atoms with Crippen LogP contribution in [0.3, 0.4) is 0 Å². The molecule has 3 rings (SSSR count). The summed E-state index contributed by atoms with van der Waals surface area (Å²) in [5, 5.41) is 9.66. The van der Waals surface area contributed by atoms with E-state index in [0.717, 1.165) is 0 Å². The predicted octanol–water partition coefficient (Wildman–Crippen LogP) is 5.39. The van der Waals surface area contributed by atoms with Crippen molar-refractivity contribution in [1.82, 2.24) is 14.8 Å². The summed E-state index contributed by atoms with van der Waals surface area (Å²) in [5.74, 6) is 1.60. The molecule has 0 atom stereocenters. The van der Waals surface area contributed by atoms with Crippen LogP contribution in [0, 0.1) is 0 Å². The molecule has 0 saturated heterocycles. The average Bonchev–Trinajstić information content (AvgIpc) is 3.26. The van der Waals surface area contributed by atoms with E-state index < -0.39 is 0 Å². The number of allylic oxidation sites excluding steroid dienone is 1. The molecule has 2 aromatic heterocycles. The van der Waals surface area contributed by atoms with Crippen LogP contribution in [0.15, 0.2) is 54.2 Å². The molecule has 5 nitrogen and oxygen atoms in total.